The molecular formula is C20H28N2O4S. The fraction of sp³-hybridized carbons (Fsp3) is 0.550. The van der Waals surface area contributed by atoms with Crippen LogP contribution in [0, 0.1) is 5.92 Å². The van der Waals surface area contributed by atoms with E-state index in [-0.39, 0.29) is 24.0 Å². The molecule has 0 atom stereocenters. The predicted molar refractivity (Wildman–Crippen MR) is 106 cm³/mol. The highest BCUT2D eigenvalue weighted by atomic mass is 32.2. The van der Waals surface area contributed by atoms with Gasteiger partial charge in [-0.05, 0) is 37.3 Å². The Hall–Kier alpha value is -2.02. The highest BCUT2D eigenvalue weighted by Gasteiger charge is 2.15. The van der Waals surface area contributed by atoms with Crippen LogP contribution < -0.4 is 10.6 Å². The summed E-state index contributed by atoms with van der Waals surface area (Å²) < 4.78 is 0. The second kappa shape index (κ2) is 11.6. The summed E-state index contributed by atoms with van der Waals surface area (Å²) in [6.45, 7) is 1.05. The molecule has 0 saturated heterocycles. The lowest BCUT2D eigenvalue weighted by atomic mass is 9.89. The van der Waals surface area contributed by atoms with E-state index >= 15 is 0 Å². The third kappa shape index (κ3) is 8.03. The topological polar surface area (TPSA) is 95.5 Å². The number of nitrogens with one attached hydrogen (secondary N) is 2. The van der Waals surface area contributed by atoms with Gasteiger partial charge in [-0.2, -0.15) is 0 Å². The molecule has 0 aliphatic heterocycles. The van der Waals surface area contributed by atoms with Gasteiger partial charge in [0.2, 0.25) is 5.91 Å². The molecule has 1 aromatic carbocycles. The van der Waals surface area contributed by atoms with Gasteiger partial charge in [0.1, 0.15) is 0 Å². The summed E-state index contributed by atoms with van der Waals surface area (Å²) in [4.78, 5) is 35.7. The molecule has 1 aromatic rings. The molecular weight excluding hydrogens is 364 g/mol. The van der Waals surface area contributed by atoms with Crippen LogP contribution in [-0.4, -0.2) is 41.7 Å². The molecule has 2 amide bonds. The van der Waals surface area contributed by atoms with Crippen molar-refractivity contribution in [1.29, 1.82) is 0 Å². The van der Waals surface area contributed by atoms with Crippen molar-refractivity contribution < 1.29 is 19.5 Å². The van der Waals surface area contributed by atoms with Crippen molar-refractivity contribution >= 4 is 29.5 Å². The Morgan fingerprint density at radius 3 is 2.56 bits per heavy atom. The molecule has 0 spiro atoms. The van der Waals surface area contributed by atoms with Gasteiger partial charge in [-0.15, -0.1) is 11.8 Å². The molecule has 0 bridgehead atoms. The molecule has 0 heterocycles. The molecule has 0 radical (unpaired) electrons. The molecule has 148 valence electrons. The van der Waals surface area contributed by atoms with Crippen LogP contribution >= 0.6 is 11.8 Å². The first-order valence-electron chi connectivity index (χ1n) is 9.55. The fourth-order valence-electron chi connectivity index (χ4n) is 3.16. The summed E-state index contributed by atoms with van der Waals surface area (Å²) in [5.41, 5.74) is 0.512. The third-order valence-corrected chi connectivity index (χ3v) is 5.73. The summed E-state index contributed by atoms with van der Waals surface area (Å²) in [7, 11) is 0. The zero-order chi connectivity index (χ0) is 19.5. The number of carbonyl (C=O) groups is 3. The van der Waals surface area contributed by atoms with Crippen LogP contribution in [0.2, 0.25) is 0 Å². The Balaban J connectivity index is 1.77. The van der Waals surface area contributed by atoms with Crippen LogP contribution in [0.5, 0.6) is 0 Å². The second-order valence-electron chi connectivity index (χ2n) is 6.85. The summed E-state index contributed by atoms with van der Waals surface area (Å²) in [5, 5.41) is 14.4. The van der Waals surface area contributed by atoms with Gasteiger partial charge in [0.25, 0.3) is 5.91 Å². The van der Waals surface area contributed by atoms with Crippen LogP contribution in [0.25, 0.3) is 0 Å². The SMILES string of the molecule is O=C(O)CCCNC(=O)c1ccccc1SCC(=O)NCC1CCCCC1. The number of aliphatic carboxylic acids is 1. The number of thioether (sulfide) groups is 1. The van der Waals surface area contributed by atoms with E-state index in [0.29, 0.717) is 24.4 Å². The summed E-state index contributed by atoms with van der Waals surface area (Å²) in [6.07, 6.45) is 6.61. The van der Waals surface area contributed by atoms with Gasteiger partial charge in [-0.25, -0.2) is 0 Å². The van der Waals surface area contributed by atoms with Crippen molar-refractivity contribution in [3.05, 3.63) is 29.8 Å². The average Bonchev–Trinajstić information content (AvgIpc) is 2.68. The van der Waals surface area contributed by atoms with E-state index in [1.165, 1.54) is 43.9 Å². The summed E-state index contributed by atoms with van der Waals surface area (Å²) in [6, 6.07) is 7.16. The molecule has 3 N–H and O–H groups in total. The second-order valence-corrected chi connectivity index (χ2v) is 7.86. The van der Waals surface area contributed by atoms with Crippen LogP contribution in [-0.2, 0) is 9.59 Å². The Morgan fingerprint density at radius 2 is 1.81 bits per heavy atom. The quantitative estimate of drug-likeness (QED) is 0.420. The van der Waals surface area contributed by atoms with Gasteiger partial charge < -0.3 is 15.7 Å². The average molecular weight is 393 g/mol. The van der Waals surface area contributed by atoms with E-state index in [9.17, 15) is 14.4 Å². The molecule has 27 heavy (non-hydrogen) atoms. The van der Waals surface area contributed by atoms with E-state index in [2.05, 4.69) is 10.6 Å². The number of carboxylic acid groups (broad SMARTS) is 1. The lowest BCUT2D eigenvalue weighted by Crippen LogP contribution is -2.31. The minimum atomic E-state index is -0.876. The van der Waals surface area contributed by atoms with Crippen molar-refractivity contribution in [1.82, 2.24) is 10.6 Å². The van der Waals surface area contributed by atoms with Crippen LogP contribution in [0.4, 0.5) is 0 Å². The Morgan fingerprint density at radius 1 is 1.07 bits per heavy atom. The molecule has 2 rings (SSSR count). The number of carbonyl (C=O) groups excluding carboxylic acids is 2. The molecule has 0 aromatic heterocycles. The molecule has 0 unspecified atom stereocenters. The number of hydrogen-bond donors (Lipinski definition) is 3. The van der Waals surface area contributed by atoms with E-state index in [1.807, 2.05) is 12.1 Å². The Bertz CT molecular complexity index is 645. The lowest BCUT2D eigenvalue weighted by molar-refractivity contribution is -0.137. The van der Waals surface area contributed by atoms with E-state index in [0.717, 1.165) is 11.4 Å². The molecule has 1 fully saturated rings. The van der Waals surface area contributed by atoms with Crippen molar-refractivity contribution in [2.24, 2.45) is 5.92 Å². The van der Waals surface area contributed by atoms with Gasteiger partial charge in [0.15, 0.2) is 0 Å². The van der Waals surface area contributed by atoms with Gasteiger partial charge in [-0.1, -0.05) is 31.4 Å². The van der Waals surface area contributed by atoms with Crippen molar-refractivity contribution in [2.75, 3.05) is 18.8 Å². The minimum absolute atomic E-state index is 0.0118. The largest absolute Gasteiger partial charge is 0.481 e. The summed E-state index contributed by atoms with van der Waals surface area (Å²) in [5.74, 6) is -0.264. The maximum absolute atomic E-state index is 12.3. The molecule has 1 saturated carbocycles. The standard InChI is InChI=1S/C20H28N2O4S/c23-18(22-13-15-7-2-1-3-8-15)14-27-17-10-5-4-9-16(17)20(26)21-12-6-11-19(24)25/h4-5,9-10,15H,1-3,6-8,11-14H2,(H,21,26)(H,22,23)(H,24,25). The van der Waals surface area contributed by atoms with Gasteiger partial charge in [0, 0.05) is 24.4 Å². The van der Waals surface area contributed by atoms with E-state index in [1.54, 1.807) is 12.1 Å². The van der Waals surface area contributed by atoms with Crippen molar-refractivity contribution in [2.45, 2.75) is 49.8 Å². The lowest BCUT2D eigenvalue weighted by Gasteiger charge is -2.21. The number of amides is 2. The maximum Gasteiger partial charge on any atom is 0.303 e. The van der Waals surface area contributed by atoms with Crippen LogP contribution in [0.1, 0.15) is 55.3 Å². The number of hydrogen-bond acceptors (Lipinski definition) is 4. The van der Waals surface area contributed by atoms with E-state index in [4.69, 9.17) is 5.11 Å². The maximum atomic E-state index is 12.3. The van der Waals surface area contributed by atoms with E-state index < -0.39 is 5.97 Å². The molecule has 7 heteroatoms. The van der Waals surface area contributed by atoms with Crippen LogP contribution in [0.3, 0.4) is 0 Å². The highest BCUT2D eigenvalue weighted by molar-refractivity contribution is 8.00. The minimum Gasteiger partial charge on any atom is -0.481 e. The highest BCUT2D eigenvalue weighted by Crippen LogP contribution is 2.24. The first-order chi connectivity index (χ1) is 13.1. The zero-order valence-electron chi connectivity index (χ0n) is 15.5. The summed E-state index contributed by atoms with van der Waals surface area (Å²) >= 11 is 1.35. The first kappa shape index (κ1) is 21.3. The monoisotopic (exact) mass is 392 g/mol. The zero-order valence-corrected chi connectivity index (χ0v) is 16.4. The first-order valence-corrected chi connectivity index (χ1v) is 10.5. The van der Waals surface area contributed by atoms with Gasteiger partial charge >= 0.3 is 5.97 Å². The third-order valence-electron chi connectivity index (χ3n) is 4.66. The van der Waals surface area contributed by atoms with Crippen molar-refractivity contribution in [3.8, 4) is 0 Å². The smallest absolute Gasteiger partial charge is 0.303 e. The molecule has 6 nitrogen and oxygen atoms in total. The number of carboxylic acids is 1. The number of rotatable bonds is 10. The van der Waals surface area contributed by atoms with Crippen LogP contribution in [0.15, 0.2) is 29.2 Å². The fourth-order valence-corrected chi connectivity index (χ4v) is 4.04. The Labute approximate surface area is 164 Å². The molecule has 1 aliphatic carbocycles. The normalized spacial score (nSPS) is 14.5. The predicted octanol–water partition coefficient (Wildman–Crippen LogP) is 3.07. The Kier molecular flexibility index (Phi) is 9.18. The number of benzene rings is 1. The van der Waals surface area contributed by atoms with Gasteiger partial charge in [-0.3, -0.25) is 14.4 Å². The van der Waals surface area contributed by atoms with Gasteiger partial charge in [0.05, 0.1) is 11.3 Å². The molecule has 1 aliphatic rings. The van der Waals surface area contributed by atoms with Crippen molar-refractivity contribution in [3.63, 3.8) is 0 Å².